The third-order valence-corrected chi connectivity index (χ3v) is 9.09. The average molecular weight is 406 g/mol. The van der Waals surface area contributed by atoms with Crippen molar-refractivity contribution < 1.29 is 19.4 Å². The molecule has 0 radical (unpaired) electrons. The van der Waals surface area contributed by atoms with Gasteiger partial charge in [0, 0.05) is 12.1 Å². The van der Waals surface area contributed by atoms with Gasteiger partial charge >= 0.3 is 0 Å². The van der Waals surface area contributed by atoms with Crippen molar-refractivity contribution in [1.29, 1.82) is 0 Å². The lowest BCUT2D eigenvalue weighted by Crippen LogP contribution is -2.43. The fourth-order valence-electron chi connectivity index (χ4n) is 5.20. The van der Waals surface area contributed by atoms with E-state index >= 15 is 0 Å². The molecule has 0 unspecified atom stereocenters. The predicted octanol–water partition coefficient (Wildman–Crippen LogP) is 2.96. The van der Waals surface area contributed by atoms with Crippen molar-refractivity contribution in [3.8, 4) is 0 Å². The first kappa shape index (κ1) is 21.5. The van der Waals surface area contributed by atoms with E-state index < -0.39 is 8.32 Å². The van der Waals surface area contributed by atoms with Crippen LogP contribution in [0.15, 0.2) is 30.3 Å². The molecule has 2 N–H and O–H groups in total. The van der Waals surface area contributed by atoms with Crippen LogP contribution in [0.1, 0.15) is 38.2 Å². The number of hydrogen-bond donors (Lipinski definition) is 2. The maximum Gasteiger partial charge on any atom is 0.225 e. The summed E-state index contributed by atoms with van der Waals surface area (Å²) in [5, 5.41) is 9.53. The van der Waals surface area contributed by atoms with Crippen LogP contribution in [0.3, 0.4) is 0 Å². The monoisotopic (exact) mass is 405 g/mol. The van der Waals surface area contributed by atoms with Crippen LogP contribution in [0.4, 0.5) is 0 Å². The molecule has 3 rings (SSSR count). The Kier molecular flexibility index (Phi) is 6.97. The van der Waals surface area contributed by atoms with Gasteiger partial charge in [0.15, 0.2) is 8.32 Å². The second-order valence-electron chi connectivity index (χ2n) is 9.05. The molecule has 1 aromatic carbocycles. The fraction of sp³-hybridized carbons (Fsp3) is 0.682. The molecule has 2 fully saturated rings. The molecule has 5 atom stereocenters. The van der Waals surface area contributed by atoms with Crippen molar-refractivity contribution in [1.82, 2.24) is 4.90 Å². The maximum absolute atomic E-state index is 12.9. The smallest absolute Gasteiger partial charge is 0.225 e. The number of aliphatic hydroxyl groups is 1. The molecule has 28 heavy (non-hydrogen) atoms. The van der Waals surface area contributed by atoms with Crippen LogP contribution in [0.2, 0.25) is 18.6 Å². The lowest BCUT2D eigenvalue weighted by molar-refractivity contribution is -0.135. The highest BCUT2D eigenvalue weighted by molar-refractivity contribution is 6.71. The second-order valence-corrected chi connectivity index (χ2v) is 13.0. The van der Waals surface area contributed by atoms with Crippen molar-refractivity contribution in [2.75, 3.05) is 13.2 Å². The zero-order valence-corrected chi connectivity index (χ0v) is 18.4. The predicted molar refractivity (Wildman–Crippen MR) is 112 cm³/mol. The van der Waals surface area contributed by atoms with Gasteiger partial charge in [-0.25, -0.2) is 0 Å². The third-order valence-electron chi connectivity index (χ3n) is 6.56. The van der Waals surface area contributed by atoms with Crippen LogP contribution >= 0.6 is 0 Å². The number of likely N-dealkylation sites (tertiary alicyclic amines) is 1. The van der Waals surface area contributed by atoms with E-state index in [1.165, 1.54) is 5.56 Å². The van der Waals surface area contributed by atoms with Crippen LogP contribution in [0, 0.1) is 5.92 Å². The van der Waals surface area contributed by atoms with E-state index in [4.69, 9.17) is 4.74 Å². The quantitative estimate of drug-likeness (QED) is 0.684. The summed E-state index contributed by atoms with van der Waals surface area (Å²) in [5.41, 5.74) is 1.34. The second kappa shape index (κ2) is 9.07. The highest BCUT2D eigenvalue weighted by Gasteiger charge is 2.50. The molecule has 156 valence electrons. The van der Waals surface area contributed by atoms with Crippen LogP contribution in [0.5, 0.6) is 0 Å². The molecule has 2 heterocycles. The number of amides is 1. The molecule has 0 aromatic heterocycles. The molecule has 2 aliphatic heterocycles. The molecule has 2 aliphatic rings. The van der Waals surface area contributed by atoms with E-state index in [1.54, 1.807) is 0 Å². The minimum absolute atomic E-state index is 0.0248. The molecule has 1 aromatic rings. The Morgan fingerprint density at radius 2 is 1.96 bits per heavy atom. The van der Waals surface area contributed by atoms with Crippen LogP contribution in [0.25, 0.3) is 0 Å². The van der Waals surface area contributed by atoms with Gasteiger partial charge in [-0.1, -0.05) is 37.3 Å². The number of carbonyl (C=O) groups excluding carboxylic acids is 1. The highest BCUT2D eigenvalue weighted by atomic mass is 28.4. The number of benzene rings is 1. The number of nitrogens with zero attached hydrogens (tertiary/aromatic N) is 1. The van der Waals surface area contributed by atoms with E-state index in [0.29, 0.717) is 13.0 Å². The molecule has 0 bridgehead atoms. The normalized spacial score (nSPS) is 30.8. The van der Waals surface area contributed by atoms with Gasteiger partial charge < -0.3 is 19.5 Å². The fourth-order valence-corrected chi connectivity index (χ4v) is 7.81. The lowest BCUT2D eigenvalue weighted by Gasteiger charge is -2.31. The summed E-state index contributed by atoms with van der Waals surface area (Å²) in [4.78, 5) is 25.6. The zero-order valence-electron chi connectivity index (χ0n) is 17.4. The van der Waals surface area contributed by atoms with Crippen LogP contribution in [-0.4, -0.2) is 60.4 Å². The van der Waals surface area contributed by atoms with E-state index in [2.05, 4.69) is 31.2 Å². The van der Waals surface area contributed by atoms with Crippen LogP contribution in [-0.2, 0) is 16.0 Å². The van der Waals surface area contributed by atoms with Gasteiger partial charge in [-0.3, -0.25) is 4.79 Å². The molecule has 0 saturated carbocycles. The van der Waals surface area contributed by atoms with Gasteiger partial charge in [-0.05, 0) is 50.3 Å². The summed E-state index contributed by atoms with van der Waals surface area (Å²) >= 11 is 0. The van der Waals surface area contributed by atoms with E-state index in [0.717, 1.165) is 25.7 Å². The lowest BCUT2D eigenvalue weighted by atomic mass is 9.95. The summed E-state index contributed by atoms with van der Waals surface area (Å²) in [6, 6.07) is 10.3. The summed E-state index contributed by atoms with van der Waals surface area (Å²) < 4.78 is 6.40. The van der Waals surface area contributed by atoms with Crippen molar-refractivity contribution in [2.24, 2.45) is 5.92 Å². The standard InChI is InChI=1S/C22H35NO4Si/c1-16-19(12-11-17-8-5-4-6-9-17)27-20(22(16)28(2,3)26)14-21(25)23-13-7-10-18(23)15-24/h4-6,8-9,16,18-20,22,24,26H,7,10-15H2,1-3H3/t16-,18-,19+,20-,22+/m0/s1. The average Bonchev–Trinajstić information content (AvgIpc) is 3.24. The number of ether oxygens (including phenoxy) is 1. The molecule has 0 aliphatic carbocycles. The Morgan fingerprint density at radius 3 is 2.61 bits per heavy atom. The summed E-state index contributed by atoms with van der Waals surface area (Å²) in [6.07, 6.45) is 3.80. The Labute approximate surface area is 169 Å². The van der Waals surface area contributed by atoms with Crippen molar-refractivity contribution in [3.63, 3.8) is 0 Å². The largest absolute Gasteiger partial charge is 0.432 e. The molecular formula is C22H35NO4Si. The molecule has 1 amide bonds. The first-order chi connectivity index (χ1) is 13.3. The van der Waals surface area contributed by atoms with Gasteiger partial charge in [0.2, 0.25) is 5.91 Å². The number of carbonyl (C=O) groups is 1. The number of aryl methyl sites for hydroxylation is 1. The van der Waals surface area contributed by atoms with Gasteiger partial charge in [-0.2, -0.15) is 0 Å². The maximum atomic E-state index is 12.9. The van der Waals surface area contributed by atoms with Gasteiger partial charge in [0.25, 0.3) is 0 Å². The number of aliphatic hydroxyl groups excluding tert-OH is 1. The Hall–Kier alpha value is -1.21. The number of rotatable bonds is 7. The molecular weight excluding hydrogens is 370 g/mol. The van der Waals surface area contributed by atoms with Crippen molar-refractivity contribution >= 4 is 14.2 Å². The summed E-state index contributed by atoms with van der Waals surface area (Å²) in [5.74, 6) is 0.293. The SMILES string of the molecule is C[C@@H]1[C@@H]([Si](C)(C)O)[C@H](CC(=O)N2CCC[C@H]2CO)O[C@@H]1CCc1ccccc1. The molecule has 6 heteroatoms. The Bertz CT molecular complexity index is 648. The molecule has 5 nitrogen and oxygen atoms in total. The molecule has 0 spiro atoms. The highest BCUT2D eigenvalue weighted by Crippen LogP contribution is 2.45. The van der Waals surface area contributed by atoms with E-state index in [1.807, 2.05) is 24.1 Å². The third kappa shape index (κ3) is 4.85. The minimum Gasteiger partial charge on any atom is -0.432 e. The minimum atomic E-state index is -2.48. The van der Waals surface area contributed by atoms with Gasteiger partial charge in [0.1, 0.15) is 0 Å². The van der Waals surface area contributed by atoms with Crippen molar-refractivity contribution in [2.45, 2.75) is 75.9 Å². The molecule has 2 saturated heterocycles. The summed E-state index contributed by atoms with van der Waals surface area (Å²) in [6.45, 7) is 6.83. The van der Waals surface area contributed by atoms with Gasteiger partial charge in [-0.15, -0.1) is 0 Å². The van der Waals surface area contributed by atoms with E-state index in [9.17, 15) is 14.7 Å². The first-order valence-electron chi connectivity index (χ1n) is 10.6. The van der Waals surface area contributed by atoms with Crippen LogP contribution < -0.4 is 0 Å². The Balaban J connectivity index is 1.67. The number of hydrogen-bond acceptors (Lipinski definition) is 4. The zero-order chi connectivity index (χ0) is 20.3. The summed E-state index contributed by atoms with van der Waals surface area (Å²) in [7, 11) is -2.48. The van der Waals surface area contributed by atoms with Crippen molar-refractivity contribution in [3.05, 3.63) is 35.9 Å². The van der Waals surface area contributed by atoms with E-state index in [-0.39, 0.29) is 42.2 Å². The van der Waals surface area contributed by atoms with Gasteiger partial charge in [0.05, 0.1) is 31.3 Å². The first-order valence-corrected chi connectivity index (χ1v) is 13.7. The Morgan fingerprint density at radius 1 is 1.25 bits per heavy atom. The topological polar surface area (TPSA) is 70.0 Å².